The van der Waals surface area contributed by atoms with Crippen molar-refractivity contribution in [2.24, 2.45) is 0 Å². The smallest absolute Gasteiger partial charge is 0.258 e. The molecule has 1 heterocycles. The number of nitrogens with one attached hydrogen (secondary N) is 1. The highest BCUT2D eigenvalue weighted by molar-refractivity contribution is 6.05. The zero-order chi connectivity index (χ0) is 16.3. The maximum atomic E-state index is 12.3. The Labute approximate surface area is 129 Å². The third-order valence-corrected chi connectivity index (χ3v) is 3.44. The van der Waals surface area contributed by atoms with Crippen molar-refractivity contribution in [1.82, 2.24) is 14.7 Å². The fourth-order valence-corrected chi connectivity index (χ4v) is 2.09. The first kappa shape index (κ1) is 15.8. The summed E-state index contributed by atoms with van der Waals surface area (Å²) in [6.07, 6.45) is 3.22. The van der Waals surface area contributed by atoms with Gasteiger partial charge in [0.1, 0.15) is 0 Å². The Morgan fingerprint density at radius 2 is 2.05 bits per heavy atom. The van der Waals surface area contributed by atoms with Crippen LogP contribution in [-0.2, 0) is 6.54 Å². The van der Waals surface area contributed by atoms with Crippen LogP contribution < -0.4 is 5.32 Å². The number of carbonyl (C=O) groups excluding carboxylic acids is 2. The number of hydrogen-bond donors (Lipinski definition) is 1. The summed E-state index contributed by atoms with van der Waals surface area (Å²) in [4.78, 5) is 25.9. The largest absolute Gasteiger partial charge is 0.345 e. The minimum Gasteiger partial charge on any atom is -0.345 e. The Balaban J connectivity index is 2.24. The first-order valence-corrected chi connectivity index (χ1v) is 7.09. The van der Waals surface area contributed by atoms with Crippen LogP contribution in [0.4, 0.5) is 5.69 Å². The molecule has 2 amide bonds. The molecule has 0 aliphatic carbocycles. The lowest BCUT2D eigenvalue weighted by Crippen LogP contribution is -2.23. The molecule has 1 aromatic heterocycles. The molecule has 0 fully saturated rings. The second kappa shape index (κ2) is 6.43. The van der Waals surface area contributed by atoms with Gasteiger partial charge >= 0.3 is 0 Å². The number of rotatable bonds is 4. The molecule has 0 aliphatic heterocycles. The predicted molar refractivity (Wildman–Crippen MR) is 85.1 cm³/mol. The van der Waals surface area contributed by atoms with Crippen LogP contribution in [0.25, 0.3) is 0 Å². The molecular weight excluding hydrogens is 280 g/mol. The van der Waals surface area contributed by atoms with Gasteiger partial charge in [0, 0.05) is 38.1 Å². The third kappa shape index (κ3) is 3.16. The monoisotopic (exact) mass is 300 g/mol. The summed E-state index contributed by atoms with van der Waals surface area (Å²) in [5.41, 5.74) is 2.44. The number of benzene rings is 1. The summed E-state index contributed by atoms with van der Waals surface area (Å²) in [5, 5.41) is 6.92. The van der Waals surface area contributed by atoms with E-state index in [2.05, 4.69) is 10.4 Å². The maximum Gasteiger partial charge on any atom is 0.258 e. The van der Waals surface area contributed by atoms with Gasteiger partial charge in [-0.05, 0) is 31.5 Å². The fraction of sp³-hybridized carbons (Fsp3) is 0.312. The molecule has 0 radical (unpaired) electrons. The highest BCUT2D eigenvalue weighted by Crippen LogP contribution is 2.20. The fourth-order valence-electron chi connectivity index (χ4n) is 2.09. The molecule has 2 rings (SSSR count). The van der Waals surface area contributed by atoms with Crippen molar-refractivity contribution in [2.45, 2.75) is 20.4 Å². The number of amides is 2. The number of carbonyl (C=O) groups is 2. The van der Waals surface area contributed by atoms with E-state index in [1.54, 1.807) is 43.2 Å². The van der Waals surface area contributed by atoms with Crippen molar-refractivity contribution in [3.05, 3.63) is 47.3 Å². The number of hydrogen-bond acceptors (Lipinski definition) is 3. The van der Waals surface area contributed by atoms with Crippen LogP contribution in [0, 0.1) is 6.92 Å². The van der Waals surface area contributed by atoms with E-state index in [-0.39, 0.29) is 11.8 Å². The summed E-state index contributed by atoms with van der Waals surface area (Å²) in [7, 11) is 3.40. The molecule has 22 heavy (non-hydrogen) atoms. The Kier molecular flexibility index (Phi) is 4.60. The standard InChI is InChI=1S/C16H20N4O2/c1-5-20-10-12(9-17-20)15(21)18-14-8-6-7-13(11(14)2)16(22)19(3)4/h6-10H,5H2,1-4H3,(H,18,21). The Hall–Kier alpha value is -2.63. The van der Waals surface area contributed by atoms with Crippen LogP contribution in [0.1, 0.15) is 33.2 Å². The van der Waals surface area contributed by atoms with Crippen molar-refractivity contribution >= 4 is 17.5 Å². The van der Waals surface area contributed by atoms with Crippen LogP contribution in [0.15, 0.2) is 30.6 Å². The zero-order valence-electron chi connectivity index (χ0n) is 13.3. The van der Waals surface area contributed by atoms with E-state index in [1.165, 1.54) is 11.1 Å². The Morgan fingerprint density at radius 3 is 2.64 bits per heavy atom. The zero-order valence-corrected chi connectivity index (χ0v) is 13.3. The third-order valence-electron chi connectivity index (χ3n) is 3.44. The Morgan fingerprint density at radius 1 is 1.32 bits per heavy atom. The highest BCUT2D eigenvalue weighted by atomic mass is 16.2. The molecule has 0 bridgehead atoms. The summed E-state index contributed by atoms with van der Waals surface area (Å²) >= 11 is 0. The van der Waals surface area contributed by atoms with E-state index in [0.29, 0.717) is 23.4 Å². The van der Waals surface area contributed by atoms with Crippen LogP contribution in [0.3, 0.4) is 0 Å². The van der Waals surface area contributed by atoms with Gasteiger partial charge in [0.25, 0.3) is 11.8 Å². The summed E-state index contributed by atoms with van der Waals surface area (Å²) < 4.78 is 1.69. The van der Waals surface area contributed by atoms with Crippen molar-refractivity contribution in [3.63, 3.8) is 0 Å². The Bertz CT molecular complexity index is 704. The second-order valence-electron chi connectivity index (χ2n) is 5.22. The van der Waals surface area contributed by atoms with Gasteiger partial charge in [0.2, 0.25) is 0 Å². The van der Waals surface area contributed by atoms with Crippen LogP contribution in [0.5, 0.6) is 0 Å². The van der Waals surface area contributed by atoms with Gasteiger partial charge in [0.05, 0.1) is 11.8 Å². The first-order valence-electron chi connectivity index (χ1n) is 7.09. The van der Waals surface area contributed by atoms with Crippen LogP contribution in [0.2, 0.25) is 0 Å². The lowest BCUT2D eigenvalue weighted by molar-refractivity contribution is 0.0826. The molecule has 0 saturated heterocycles. The molecule has 1 N–H and O–H groups in total. The van der Waals surface area contributed by atoms with E-state index in [1.807, 2.05) is 13.8 Å². The van der Waals surface area contributed by atoms with Crippen molar-refractivity contribution in [1.29, 1.82) is 0 Å². The molecule has 6 heteroatoms. The van der Waals surface area contributed by atoms with Gasteiger partial charge in [-0.2, -0.15) is 5.10 Å². The first-order chi connectivity index (χ1) is 10.4. The van der Waals surface area contributed by atoms with E-state index in [9.17, 15) is 9.59 Å². The number of aryl methyl sites for hydroxylation is 1. The van der Waals surface area contributed by atoms with Crippen LogP contribution >= 0.6 is 0 Å². The molecule has 0 aliphatic rings. The van der Waals surface area contributed by atoms with E-state index in [0.717, 1.165) is 5.56 Å². The molecule has 1 aromatic carbocycles. The van der Waals surface area contributed by atoms with E-state index >= 15 is 0 Å². The van der Waals surface area contributed by atoms with Gasteiger partial charge < -0.3 is 10.2 Å². The molecule has 0 atom stereocenters. The minimum absolute atomic E-state index is 0.0904. The maximum absolute atomic E-state index is 12.3. The van der Waals surface area contributed by atoms with E-state index in [4.69, 9.17) is 0 Å². The van der Waals surface area contributed by atoms with Crippen molar-refractivity contribution < 1.29 is 9.59 Å². The van der Waals surface area contributed by atoms with Gasteiger partial charge in [-0.3, -0.25) is 14.3 Å². The molecule has 6 nitrogen and oxygen atoms in total. The molecule has 0 spiro atoms. The van der Waals surface area contributed by atoms with Crippen molar-refractivity contribution in [3.8, 4) is 0 Å². The summed E-state index contributed by atoms with van der Waals surface area (Å²) in [6, 6.07) is 5.29. The van der Waals surface area contributed by atoms with E-state index < -0.39 is 0 Å². The number of anilines is 1. The average molecular weight is 300 g/mol. The van der Waals surface area contributed by atoms with Gasteiger partial charge in [-0.25, -0.2) is 0 Å². The molecule has 116 valence electrons. The molecular formula is C16H20N4O2. The predicted octanol–water partition coefficient (Wildman–Crippen LogP) is 2.17. The van der Waals surface area contributed by atoms with Gasteiger partial charge in [0.15, 0.2) is 0 Å². The van der Waals surface area contributed by atoms with Crippen LogP contribution in [-0.4, -0.2) is 40.6 Å². The average Bonchev–Trinajstić information content (AvgIpc) is 2.97. The lowest BCUT2D eigenvalue weighted by atomic mass is 10.1. The minimum atomic E-state index is -0.239. The topological polar surface area (TPSA) is 67.2 Å². The van der Waals surface area contributed by atoms with Gasteiger partial charge in [-0.1, -0.05) is 6.07 Å². The number of nitrogens with zero attached hydrogens (tertiary/aromatic N) is 3. The second-order valence-corrected chi connectivity index (χ2v) is 5.22. The quantitative estimate of drug-likeness (QED) is 0.941. The number of aromatic nitrogens is 2. The highest BCUT2D eigenvalue weighted by Gasteiger charge is 2.15. The summed E-state index contributed by atoms with van der Waals surface area (Å²) in [6.45, 7) is 4.48. The van der Waals surface area contributed by atoms with Gasteiger partial charge in [-0.15, -0.1) is 0 Å². The lowest BCUT2D eigenvalue weighted by Gasteiger charge is -2.15. The molecule has 0 unspecified atom stereocenters. The summed E-state index contributed by atoms with van der Waals surface area (Å²) in [5.74, 6) is -0.329. The SMILES string of the molecule is CCn1cc(C(=O)Nc2cccc(C(=O)N(C)C)c2C)cn1. The van der Waals surface area contributed by atoms with Crippen molar-refractivity contribution in [2.75, 3.05) is 19.4 Å². The molecule has 0 saturated carbocycles. The molecule has 2 aromatic rings. The normalized spacial score (nSPS) is 10.4.